The Bertz CT molecular complexity index is 1420. The first kappa shape index (κ1) is 27.4. The lowest BCUT2D eigenvalue weighted by Crippen LogP contribution is -2.48. The lowest BCUT2D eigenvalue weighted by Gasteiger charge is -2.35. The van der Waals surface area contributed by atoms with Gasteiger partial charge in [-0.3, -0.25) is 4.79 Å². The van der Waals surface area contributed by atoms with E-state index in [1.54, 1.807) is 38.4 Å². The molecule has 1 fully saturated rings. The fourth-order valence-electron chi connectivity index (χ4n) is 4.24. The van der Waals surface area contributed by atoms with Crippen molar-refractivity contribution in [2.45, 2.75) is 19.8 Å². The summed E-state index contributed by atoms with van der Waals surface area (Å²) in [5, 5.41) is 6.08. The molecule has 1 aliphatic heterocycles. The molecule has 3 heterocycles. The largest absolute Gasteiger partial charge is 0.383 e. The van der Waals surface area contributed by atoms with Gasteiger partial charge in [0.05, 0.1) is 42.3 Å². The van der Waals surface area contributed by atoms with Gasteiger partial charge in [0.1, 0.15) is 5.82 Å². The average molecular weight is 547 g/mol. The number of carbonyl (C=O) groups is 1. The van der Waals surface area contributed by atoms with Crippen molar-refractivity contribution in [1.29, 1.82) is 0 Å². The van der Waals surface area contributed by atoms with Crippen LogP contribution in [0.4, 0.5) is 10.3 Å². The minimum Gasteiger partial charge on any atom is -0.383 e. The molecule has 0 spiro atoms. The number of methoxy groups -OCH3 is 1. The molecular formula is C29H31FN6O4. The Morgan fingerprint density at radius 2 is 1.85 bits per heavy atom. The number of benzene rings is 2. The predicted octanol–water partition coefficient (Wildman–Crippen LogP) is 4.10. The van der Waals surface area contributed by atoms with E-state index >= 15 is 0 Å². The molecule has 0 atom stereocenters. The Morgan fingerprint density at radius 3 is 2.58 bits per heavy atom. The van der Waals surface area contributed by atoms with Crippen LogP contribution in [0, 0.1) is 11.2 Å². The van der Waals surface area contributed by atoms with Gasteiger partial charge in [-0.2, -0.15) is 0 Å². The van der Waals surface area contributed by atoms with Crippen molar-refractivity contribution >= 4 is 11.9 Å². The Morgan fingerprint density at radius 1 is 1.10 bits per heavy atom. The van der Waals surface area contributed by atoms with E-state index in [4.69, 9.17) is 19.2 Å². The maximum atomic E-state index is 13.7. The molecule has 2 aromatic carbocycles. The van der Waals surface area contributed by atoms with E-state index in [-0.39, 0.29) is 24.9 Å². The quantitative estimate of drug-likeness (QED) is 0.254. The summed E-state index contributed by atoms with van der Waals surface area (Å²) in [5.74, 6) is 0.333. The third-order valence-corrected chi connectivity index (χ3v) is 6.51. The fourth-order valence-corrected chi connectivity index (χ4v) is 4.24. The van der Waals surface area contributed by atoms with Gasteiger partial charge in [0.2, 0.25) is 18.1 Å². The van der Waals surface area contributed by atoms with Gasteiger partial charge in [0, 0.05) is 32.0 Å². The lowest BCUT2D eigenvalue weighted by molar-refractivity contribution is -0.231. The van der Waals surface area contributed by atoms with Crippen LogP contribution in [-0.4, -0.2) is 59.3 Å². The van der Waals surface area contributed by atoms with Crippen LogP contribution in [-0.2, 0) is 25.5 Å². The summed E-state index contributed by atoms with van der Waals surface area (Å²) in [6.45, 7) is 3.55. The van der Waals surface area contributed by atoms with Crippen LogP contribution in [0.15, 0.2) is 66.9 Å². The van der Waals surface area contributed by atoms with E-state index in [1.165, 1.54) is 12.1 Å². The van der Waals surface area contributed by atoms with Crippen molar-refractivity contribution in [1.82, 2.24) is 25.3 Å². The van der Waals surface area contributed by atoms with E-state index in [0.29, 0.717) is 54.1 Å². The molecule has 4 aromatic rings. The molecule has 11 heteroatoms. The van der Waals surface area contributed by atoms with Crippen LogP contribution in [0.2, 0.25) is 0 Å². The highest BCUT2D eigenvalue weighted by Gasteiger charge is 2.40. The first-order valence-corrected chi connectivity index (χ1v) is 12.9. The van der Waals surface area contributed by atoms with Crippen molar-refractivity contribution in [3.63, 3.8) is 0 Å². The molecule has 2 aromatic heterocycles. The zero-order valence-electron chi connectivity index (χ0n) is 22.3. The number of hydrogen-bond donors (Lipinski definition) is 3. The molecule has 5 rings (SSSR count). The monoisotopic (exact) mass is 546 g/mol. The van der Waals surface area contributed by atoms with Crippen LogP contribution >= 0.6 is 0 Å². The summed E-state index contributed by atoms with van der Waals surface area (Å²) in [4.78, 5) is 29.9. The Kier molecular flexibility index (Phi) is 8.44. The van der Waals surface area contributed by atoms with Gasteiger partial charge in [-0.05, 0) is 42.8 Å². The number of H-pyrrole nitrogens is 1. The minimum atomic E-state index is -0.865. The Balaban J connectivity index is 1.34. The van der Waals surface area contributed by atoms with Crippen molar-refractivity contribution in [2.24, 2.45) is 5.41 Å². The Hall–Kier alpha value is -4.19. The smallest absolute Gasteiger partial charge is 0.230 e. The number of aromatic nitrogens is 4. The average Bonchev–Trinajstić information content (AvgIpc) is 3.43. The number of amides is 1. The van der Waals surface area contributed by atoms with E-state index in [2.05, 4.69) is 25.6 Å². The zero-order valence-corrected chi connectivity index (χ0v) is 22.3. The summed E-state index contributed by atoms with van der Waals surface area (Å²) in [6, 6.07) is 17.5. The number of anilines is 1. The van der Waals surface area contributed by atoms with E-state index in [0.717, 1.165) is 5.56 Å². The molecule has 1 aliphatic rings. The Labute approximate surface area is 231 Å². The molecule has 0 aliphatic carbocycles. The molecule has 10 nitrogen and oxygen atoms in total. The van der Waals surface area contributed by atoms with E-state index in [9.17, 15) is 9.18 Å². The summed E-state index contributed by atoms with van der Waals surface area (Å²) in [5.41, 5.74) is 2.56. The number of imidazole rings is 1. The first-order valence-electron chi connectivity index (χ1n) is 12.9. The number of halogens is 1. The number of rotatable bonds is 10. The lowest BCUT2D eigenvalue weighted by atomic mass is 9.91. The molecule has 208 valence electrons. The van der Waals surface area contributed by atoms with Crippen molar-refractivity contribution in [3.05, 3.63) is 84.1 Å². The highest BCUT2D eigenvalue weighted by Crippen LogP contribution is 2.35. The van der Waals surface area contributed by atoms with Crippen molar-refractivity contribution < 1.29 is 23.4 Å². The van der Waals surface area contributed by atoms with Gasteiger partial charge >= 0.3 is 0 Å². The standard InChI is InChI=1S/C29H31FN6O4/c1-29(27(37)33-16-19-6-4-3-5-7-19)17-39-26(40-18-29)25-35-23(20-8-10-21(30)11-9-20)24(36-25)22-12-13-31-28(34-22)32-14-15-38-2/h3-13,26H,14-18H2,1-2H3,(H,33,37)(H,35,36)(H,31,32,34). The summed E-state index contributed by atoms with van der Waals surface area (Å²) < 4.78 is 30.8. The molecule has 1 amide bonds. The number of aromatic amines is 1. The number of ether oxygens (including phenoxy) is 3. The molecule has 0 bridgehead atoms. The maximum Gasteiger partial charge on any atom is 0.230 e. The number of hydrogen-bond acceptors (Lipinski definition) is 8. The summed E-state index contributed by atoms with van der Waals surface area (Å²) in [6.07, 6.45) is 0.809. The first-order chi connectivity index (χ1) is 19.4. The molecule has 0 unspecified atom stereocenters. The third kappa shape index (κ3) is 6.33. The topological polar surface area (TPSA) is 123 Å². The van der Waals surface area contributed by atoms with Crippen LogP contribution in [0.25, 0.3) is 22.6 Å². The third-order valence-electron chi connectivity index (χ3n) is 6.51. The van der Waals surface area contributed by atoms with Gasteiger partial charge in [0.25, 0.3) is 0 Å². The van der Waals surface area contributed by atoms with E-state index in [1.807, 2.05) is 30.3 Å². The second-order valence-electron chi connectivity index (χ2n) is 9.72. The SMILES string of the molecule is COCCNc1nccc(-c2[nH]c(C3OCC(C)(C(=O)NCc4ccccc4)CO3)nc2-c2ccc(F)cc2)n1. The maximum absolute atomic E-state index is 13.7. The molecule has 1 saturated heterocycles. The summed E-state index contributed by atoms with van der Waals surface area (Å²) >= 11 is 0. The van der Waals surface area contributed by atoms with Gasteiger partial charge in [-0.15, -0.1) is 0 Å². The molecular weight excluding hydrogens is 515 g/mol. The number of nitrogens with zero attached hydrogens (tertiary/aromatic N) is 3. The van der Waals surface area contributed by atoms with Crippen LogP contribution in [0.1, 0.15) is 24.6 Å². The van der Waals surface area contributed by atoms with Crippen LogP contribution in [0.5, 0.6) is 0 Å². The van der Waals surface area contributed by atoms with E-state index < -0.39 is 11.7 Å². The van der Waals surface area contributed by atoms with Crippen LogP contribution in [0.3, 0.4) is 0 Å². The second-order valence-corrected chi connectivity index (χ2v) is 9.72. The molecule has 3 N–H and O–H groups in total. The molecule has 0 saturated carbocycles. The van der Waals surface area contributed by atoms with Gasteiger partial charge < -0.3 is 29.8 Å². The number of carbonyl (C=O) groups excluding carboxylic acids is 1. The van der Waals surface area contributed by atoms with Gasteiger partial charge in [0.15, 0.2) is 5.82 Å². The van der Waals surface area contributed by atoms with Gasteiger partial charge in [-0.1, -0.05) is 30.3 Å². The van der Waals surface area contributed by atoms with Crippen molar-refractivity contribution in [3.8, 4) is 22.6 Å². The van der Waals surface area contributed by atoms with Crippen molar-refractivity contribution in [2.75, 3.05) is 38.8 Å². The molecule has 40 heavy (non-hydrogen) atoms. The molecule has 0 radical (unpaired) electrons. The van der Waals surface area contributed by atoms with Gasteiger partial charge in [-0.25, -0.2) is 19.3 Å². The fraction of sp³-hybridized carbons (Fsp3) is 0.310. The number of nitrogens with one attached hydrogen (secondary N) is 3. The predicted molar refractivity (Wildman–Crippen MR) is 146 cm³/mol. The summed E-state index contributed by atoms with van der Waals surface area (Å²) in [7, 11) is 1.62. The highest BCUT2D eigenvalue weighted by molar-refractivity contribution is 5.82. The highest BCUT2D eigenvalue weighted by atomic mass is 19.1. The zero-order chi connectivity index (χ0) is 28.0. The second kappa shape index (κ2) is 12.3. The minimum absolute atomic E-state index is 0.140. The normalized spacial score (nSPS) is 18.8. The van der Waals surface area contributed by atoms with Crippen LogP contribution < -0.4 is 10.6 Å².